The number of benzene rings is 4. The first kappa shape index (κ1) is 55.1. The van der Waals surface area contributed by atoms with Crippen molar-refractivity contribution in [3.63, 3.8) is 0 Å². The Labute approximate surface area is 387 Å². The summed E-state index contributed by atoms with van der Waals surface area (Å²) in [6, 6.07) is 18.9. The minimum atomic E-state index is 0. The summed E-state index contributed by atoms with van der Waals surface area (Å²) in [5.41, 5.74) is 14.5. The number of nitrogens with zero attached hydrogens (tertiary/aromatic N) is 4. The van der Waals surface area contributed by atoms with E-state index in [0.717, 1.165) is 67.1 Å². The molecule has 12 heteroatoms. The van der Waals surface area contributed by atoms with Gasteiger partial charge in [0.05, 0.1) is 113 Å². The Balaban J connectivity index is 0.00000450. The van der Waals surface area contributed by atoms with E-state index in [0.29, 0.717) is 25.7 Å². The van der Waals surface area contributed by atoms with Gasteiger partial charge in [-0.3, -0.25) is 0 Å². The van der Waals surface area contributed by atoms with E-state index in [1.807, 2.05) is 28.4 Å². The van der Waals surface area contributed by atoms with E-state index in [2.05, 4.69) is 133 Å². The molecule has 5 rings (SSSR count). The van der Waals surface area contributed by atoms with Gasteiger partial charge in [-0.25, -0.2) is 0 Å². The molecule has 0 radical (unpaired) electrons. The maximum Gasteiger partial charge on any atom is 0.125 e. The number of methoxy groups -OCH3 is 4. The molecule has 0 fully saturated rings. The van der Waals surface area contributed by atoms with Crippen molar-refractivity contribution in [3.05, 3.63) is 115 Å². The highest BCUT2D eigenvalue weighted by Crippen LogP contribution is 2.41. The molecular weight excluding hydrogens is 838 g/mol. The van der Waals surface area contributed by atoms with Gasteiger partial charge >= 0.3 is 0 Å². The fourth-order valence-corrected chi connectivity index (χ4v) is 8.78. The topological polar surface area (TPSA) is 36.9 Å². The van der Waals surface area contributed by atoms with Crippen LogP contribution in [0, 0.1) is 0 Å². The summed E-state index contributed by atoms with van der Waals surface area (Å²) in [5, 5.41) is 0. The highest BCUT2D eigenvalue weighted by Gasteiger charge is 2.26. The smallest absolute Gasteiger partial charge is 0.125 e. The van der Waals surface area contributed by atoms with Gasteiger partial charge < -0.3 is 86.5 Å². The van der Waals surface area contributed by atoms with Crippen molar-refractivity contribution < 1.29 is 86.5 Å². The Morgan fingerprint density at radius 1 is 0.300 bits per heavy atom. The summed E-state index contributed by atoms with van der Waals surface area (Å²) in [6.45, 7) is 3.56. The predicted molar refractivity (Wildman–Crippen MR) is 230 cm³/mol. The molecule has 0 heterocycles. The van der Waals surface area contributed by atoms with E-state index in [4.69, 9.17) is 18.9 Å². The molecule has 336 valence electrons. The molecule has 0 spiro atoms. The number of hydrogen-bond acceptors (Lipinski definition) is 4. The summed E-state index contributed by atoms with van der Waals surface area (Å²) < 4.78 is 29.0. The minimum absolute atomic E-state index is 0. The van der Waals surface area contributed by atoms with Crippen LogP contribution in [0.3, 0.4) is 0 Å². The summed E-state index contributed by atoms with van der Waals surface area (Å²) in [4.78, 5) is 0. The van der Waals surface area contributed by atoms with Crippen molar-refractivity contribution in [1.29, 1.82) is 0 Å². The van der Waals surface area contributed by atoms with Crippen molar-refractivity contribution in [2.24, 2.45) is 0 Å². The average molecular weight is 911 g/mol. The lowest BCUT2D eigenvalue weighted by Crippen LogP contribution is -3.00. The predicted octanol–water partition coefficient (Wildman–Crippen LogP) is -4.76. The number of halogens is 4. The molecule has 0 atom stereocenters. The fourth-order valence-electron chi connectivity index (χ4n) is 8.78. The van der Waals surface area contributed by atoms with E-state index in [9.17, 15) is 0 Å². The molecular formula is C48H72Cl4N4O4. The quantitative estimate of drug-likeness (QED) is 0.118. The zero-order valence-electron chi connectivity index (χ0n) is 39.2. The first-order valence-electron chi connectivity index (χ1n) is 19.9. The maximum absolute atomic E-state index is 6.43. The van der Waals surface area contributed by atoms with Crippen molar-refractivity contribution in [2.45, 2.75) is 51.9 Å². The molecule has 0 saturated carbocycles. The van der Waals surface area contributed by atoms with Gasteiger partial charge in [-0.05, 0) is 93.0 Å². The summed E-state index contributed by atoms with van der Waals surface area (Å²) in [7, 11) is 34.3. The van der Waals surface area contributed by atoms with Gasteiger partial charge in [0.15, 0.2) is 0 Å². The van der Waals surface area contributed by atoms with Crippen LogP contribution in [0.5, 0.6) is 23.0 Å². The monoisotopic (exact) mass is 908 g/mol. The van der Waals surface area contributed by atoms with Crippen LogP contribution in [0.2, 0.25) is 0 Å². The lowest BCUT2D eigenvalue weighted by molar-refractivity contribution is -0.884. The Kier molecular flexibility index (Phi) is 19.7. The second kappa shape index (κ2) is 21.4. The van der Waals surface area contributed by atoms with Crippen molar-refractivity contribution in [1.82, 2.24) is 0 Å². The summed E-state index contributed by atoms with van der Waals surface area (Å²) in [5.74, 6) is 3.72. The molecule has 8 nitrogen and oxygen atoms in total. The number of quaternary nitrogens is 4. The third-order valence-electron chi connectivity index (χ3n) is 10.2. The Morgan fingerprint density at radius 2 is 0.433 bits per heavy atom. The van der Waals surface area contributed by atoms with E-state index in [1.165, 1.54) is 66.8 Å². The van der Waals surface area contributed by atoms with Crippen LogP contribution in [0.25, 0.3) is 0 Å². The van der Waals surface area contributed by atoms with Crippen LogP contribution in [0.15, 0.2) is 48.5 Å². The van der Waals surface area contributed by atoms with Gasteiger partial charge in [0.2, 0.25) is 0 Å². The van der Waals surface area contributed by atoms with Crippen LogP contribution in [-0.4, -0.2) is 131 Å². The molecule has 0 amide bonds. The number of rotatable bonds is 12. The van der Waals surface area contributed by atoms with Gasteiger partial charge in [0, 0.05) is 47.9 Å². The molecule has 4 aromatic carbocycles. The van der Waals surface area contributed by atoms with Crippen LogP contribution >= 0.6 is 0 Å². The number of hydrogen-bond donors (Lipinski definition) is 0. The van der Waals surface area contributed by atoms with Gasteiger partial charge in [0.1, 0.15) is 49.2 Å². The van der Waals surface area contributed by atoms with Crippen molar-refractivity contribution in [2.75, 3.05) is 113 Å². The van der Waals surface area contributed by atoms with Crippen LogP contribution in [0.1, 0.15) is 66.8 Å². The van der Waals surface area contributed by atoms with Gasteiger partial charge in [-0.2, -0.15) is 0 Å². The molecule has 1 aliphatic rings. The number of fused-ring (bicyclic) bond motifs is 8. The van der Waals surface area contributed by atoms with E-state index < -0.39 is 0 Å². The fraction of sp³-hybridized carbons (Fsp3) is 0.500. The lowest BCUT2D eigenvalue weighted by Gasteiger charge is -2.28. The molecule has 0 unspecified atom stereocenters. The van der Waals surface area contributed by atoms with E-state index in [-0.39, 0.29) is 49.6 Å². The minimum Gasteiger partial charge on any atom is -1.00 e. The second-order valence-electron chi connectivity index (χ2n) is 20.3. The van der Waals surface area contributed by atoms with Crippen LogP contribution in [-0.2, 0) is 51.9 Å². The zero-order valence-corrected chi connectivity index (χ0v) is 42.2. The lowest BCUT2D eigenvalue weighted by atomic mass is 9.88. The normalized spacial score (nSPS) is 12.8. The standard InChI is InChI=1S/C48H72N4O4.4ClH/c1-49(2,3)29-33-17-37-25-39-19-34(30-50(4,5)6)21-41(46(39)54-14)27-43-23-36(32-52(10,11)12)24-44(48(43)56-16)28-42-22-35(31-51(7,8)9)20-40(47(42)55-15)26-38(18-33)45(37)53-13;;;;/h17-24H,25-32H2,1-16H3;4*1H/q+4;;;;/p-4. The molecule has 60 heavy (non-hydrogen) atoms. The third-order valence-corrected chi connectivity index (χ3v) is 10.2. The summed E-state index contributed by atoms with van der Waals surface area (Å²) >= 11 is 0. The van der Waals surface area contributed by atoms with Gasteiger partial charge in [-0.1, -0.05) is 0 Å². The van der Waals surface area contributed by atoms with Gasteiger partial charge in [0.25, 0.3) is 0 Å². The highest BCUT2D eigenvalue weighted by molar-refractivity contribution is 5.58. The van der Waals surface area contributed by atoms with E-state index in [1.54, 1.807) is 0 Å². The SMILES string of the molecule is COc1c2cc(C[N+](C)(C)C)cc1Cc1cc(C[N+](C)(C)C)cc(c1OC)Cc1cc(C[N+](C)(C)C)cc(c1OC)Cc1cc(C[N+](C)(C)C)cc(c1OC)C2.[Cl-].[Cl-].[Cl-].[Cl-]. The molecule has 1 aliphatic carbocycles. The van der Waals surface area contributed by atoms with Gasteiger partial charge in [-0.15, -0.1) is 0 Å². The Bertz CT molecular complexity index is 1680. The molecule has 0 aromatic heterocycles. The molecule has 4 aromatic rings. The first-order chi connectivity index (χ1) is 26.0. The zero-order chi connectivity index (χ0) is 41.4. The maximum atomic E-state index is 6.43. The van der Waals surface area contributed by atoms with E-state index >= 15 is 0 Å². The molecule has 8 bridgehead atoms. The van der Waals surface area contributed by atoms with Crippen molar-refractivity contribution in [3.8, 4) is 23.0 Å². The average Bonchev–Trinajstić information content (AvgIpc) is 3.01. The Hall–Kier alpha value is -2.92. The largest absolute Gasteiger partial charge is 1.00 e. The Morgan fingerprint density at radius 3 is 0.533 bits per heavy atom. The molecule has 0 N–H and O–H groups in total. The van der Waals surface area contributed by atoms with Crippen molar-refractivity contribution >= 4 is 0 Å². The van der Waals surface area contributed by atoms with Crippen LogP contribution < -0.4 is 68.6 Å². The molecule has 0 saturated heterocycles. The molecule has 0 aliphatic heterocycles. The second-order valence-corrected chi connectivity index (χ2v) is 20.3. The summed E-state index contributed by atoms with van der Waals surface area (Å²) in [6.07, 6.45) is 2.71. The highest BCUT2D eigenvalue weighted by atomic mass is 35.5. The van der Waals surface area contributed by atoms with Crippen LogP contribution in [0.4, 0.5) is 0 Å². The number of ether oxygens (including phenoxy) is 4. The third kappa shape index (κ3) is 14.6. The first-order valence-corrected chi connectivity index (χ1v) is 19.9.